The standard InChI is InChI=1S/C27H26N4O7/c28-27(29)30-17-8-11-19-16(14-17)3-2-12-37-23-20(4-1-5-22(23)38-26(19)36)24(33)31-21(25(34)35)13-15-6-9-18(32)10-7-15/h1,4-11,14,21,32H,2-3,12-13H2,(H,31,33)(H,34,35)(H4,28,29,30). The second-order valence-electron chi connectivity index (χ2n) is 8.59. The average molecular weight is 519 g/mol. The molecule has 0 fully saturated rings. The van der Waals surface area contributed by atoms with Gasteiger partial charge in [0, 0.05) is 6.42 Å². The van der Waals surface area contributed by atoms with Crippen LogP contribution in [0.15, 0.2) is 65.7 Å². The molecular formula is C27H26N4O7. The van der Waals surface area contributed by atoms with Gasteiger partial charge in [-0.3, -0.25) is 4.79 Å². The van der Waals surface area contributed by atoms with Crippen LogP contribution < -0.4 is 26.3 Å². The largest absolute Gasteiger partial charge is 0.508 e. The van der Waals surface area contributed by atoms with Gasteiger partial charge in [0.05, 0.1) is 23.4 Å². The van der Waals surface area contributed by atoms with E-state index in [1.807, 2.05) is 0 Å². The highest BCUT2D eigenvalue weighted by Crippen LogP contribution is 2.34. The van der Waals surface area contributed by atoms with Crippen molar-refractivity contribution in [3.8, 4) is 17.2 Å². The Morgan fingerprint density at radius 1 is 1.08 bits per heavy atom. The van der Waals surface area contributed by atoms with Crippen LogP contribution in [0, 0.1) is 0 Å². The second kappa shape index (κ2) is 11.3. The van der Waals surface area contributed by atoms with Gasteiger partial charge in [-0.05, 0) is 66.4 Å². The van der Waals surface area contributed by atoms with E-state index in [9.17, 15) is 24.6 Å². The number of ether oxygens (including phenoxy) is 2. The van der Waals surface area contributed by atoms with Crippen LogP contribution in [0.25, 0.3) is 0 Å². The quantitative estimate of drug-likeness (QED) is 0.141. The van der Waals surface area contributed by atoms with Crippen LogP contribution in [0.3, 0.4) is 0 Å². The Kier molecular flexibility index (Phi) is 7.76. The molecule has 0 aromatic heterocycles. The van der Waals surface area contributed by atoms with Crippen molar-refractivity contribution in [2.45, 2.75) is 25.3 Å². The minimum absolute atomic E-state index is 0.00908. The van der Waals surface area contributed by atoms with Crippen molar-refractivity contribution < 1.29 is 34.1 Å². The number of aliphatic carboxylic acids is 1. The lowest BCUT2D eigenvalue weighted by atomic mass is 10.0. The number of hydrogen-bond donors (Lipinski definition) is 5. The minimum Gasteiger partial charge on any atom is -0.508 e. The summed E-state index contributed by atoms with van der Waals surface area (Å²) >= 11 is 0. The van der Waals surface area contributed by atoms with E-state index in [2.05, 4.69) is 10.3 Å². The lowest BCUT2D eigenvalue weighted by Crippen LogP contribution is -2.42. The number of hydrogen-bond acceptors (Lipinski definition) is 7. The lowest BCUT2D eigenvalue weighted by molar-refractivity contribution is -0.139. The number of fused-ring (bicyclic) bond motifs is 2. The SMILES string of the molecule is NC(N)=Nc1ccc2c(c1)CCCOc1c(cccc1C(=O)NC(Cc1ccc(O)cc1)C(=O)O)OC2=O. The smallest absolute Gasteiger partial charge is 0.343 e. The first-order valence-corrected chi connectivity index (χ1v) is 11.7. The molecule has 1 amide bonds. The van der Waals surface area contributed by atoms with Crippen molar-refractivity contribution in [2.75, 3.05) is 6.61 Å². The van der Waals surface area contributed by atoms with Crippen LogP contribution >= 0.6 is 0 Å². The first kappa shape index (κ1) is 26.0. The normalized spacial score (nSPS) is 13.5. The van der Waals surface area contributed by atoms with E-state index in [1.165, 1.54) is 30.3 Å². The summed E-state index contributed by atoms with van der Waals surface area (Å²) < 4.78 is 11.5. The third kappa shape index (κ3) is 6.19. The maximum atomic E-state index is 13.2. The van der Waals surface area contributed by atoms with Gasteiger partial charge in [-0.2, -0.15) is 0 Å². The van der Waals surface area contributed by atoms with E-state index < -0.39 is 23.9 Å². The number of benzene rings is 3. The van der Waals surface area contributed by atoms with Crippen molar-refractivity contribution in [1.29, 1.82) is 0 Å². The highest BCUT2D eigenvalue weighted by molar-refractivity contribution is 6.00. The Morgan fingerprint density at radius 3 is 2.55 bits per heavy atom. The van der Waals surface area contributed by atoms with Crippen LogP contribution in [-0.4, -0.2) is 46.7 Å². The van der Waals surface area contributed by atoms with Gasteiger partial charge >= 0.3 is 11.9 Å². The first-order chi connectivity index (χ1) is 18.2. The topological polar surface area (TPSA) is 187 Å². The monoisotopic (exact) mass is 518 g/mol. The van der Waals surface area contributed by atoms with Crippen molar-refractivity contribution in [3.05, 3.63) is 82.9 Å². The Bertz CT molecular complexity index is 1400. The second-order valence-corrected chi connectivity index (χ2v) is 8.59. The van der Waals surface area contributed by atoms with Gasteiger partial charge in [-0.1, -0.05) is 18.2 Å². The van der Waals surface area contributed by atoms with Crippen LogP contribution in [0.2, 0.25) is 0 Å². The van der Waals surface area contributed by atoms with Gasteiger partial charge < -0.3 is 36.5 Å². The Hall–Kier alpha value is -5.06. The number of aryl methyl sites for hydroxylation is 1. The number of carbonyl (C=O) groups is 3. The van der Waals surface area contributed by atoms with E-state index in [1.54, 1.807) is 30.3 Å². The molecule has 1 aliphatic rings. The Morgan fingerprint density at radius 2 is 1.84 bits per heavy atom. The fourth-order valence-electron chi connectivity index (χ4n) is 4.02. The first-order valence-electron chi connectivity index (χ1n) is 11.7. The summed E-state index contributed by atoms with van der Waals surface area (Å²) in [6.07, 6.45) is 0.945. The van der Waals surface area contributed by atoms with E-state index in [-0.39, 0.29) is 41.8 Å². The van der Waals surface area contributed by atoms with E-state index >= 15 is 0 Å². The molecule has 196 valence electrons. The number of carboxylic acid groups (broad SMARTS) is 1. The van der Waals surface area contributed by atoms with E-state index in [0.29, 0.717) is 35.2 Å². The number of nitrogens with one attached hydrogen (secondary N) is 1. The number of nitrogens with two attached hydrogens (primary N) is 2. The molecule has 1 heterocycles. The van der Waals surface area contributed by atoms with Crippen molar-refractivity contribution in [3.63, 3.8) is 0 Å². The fraction of sp³-hybridized carbons (Fsp3) is 0.185. The molecule has 0 spiro atoms. The number of amides is 1. The lowest BCUT2D eigenvalue weighted by Gasteiger charge is -2.20. The molecule has 0 saturated carbocycles. The third-order valence-electron chi connectivity index (χ3n) is 5.81. The predicted molar refractivity (Wildman–Crippen MR) is 138 cm³/mol. The Labute approximate surface area is 217 Å². The van der Waals surface area contributed by atoms with Gasteiger partial charge in [-0.25, -0.2) is 14.6 Å². The number of phenols is 1. The molecule has 38 heavy (non-hydrogen) atoms. The van der Waals surface area contributed by atoms with Crippen LogP contribution in [0.4, 0.5) is 5.69 Å². The number of rotatable bonds is 6. The molecule has 4 rings (SSSR count). The van der Waals surface area contributed by atoms with Crippen molar-refractivity contribution in [2.24, 2.45) is 16.5 Å². The molecule has 1 aliphatic heterocycles. The molecule has 0 bridgehead atoms. The number of guanidine groups is 1. The number of aromatic hydroxyl groups is 1. The summed E-state index contributed by atoms with van der Waals surface area (Å²) in [5.41, 5.74) is 13.0. The maximum absolute atomic E-state index is 13.2. The number of para-hydroxylation sites is 1. The molecule has 0 aliphatic carbocycles. The molecular weight excluding hydrogens is 492 g/mol. The van der Waals surface area contributed by atoms with Crippen LogP contribution in [-0.2, 0) is 17.6 Å². The van der Waals surface area contributed by atoms with Crippen molar-refractivity contribution >= 4 is 29.5 Å². The molecule has 1 unspecified atom stereocenters. The Balaban J connectivity index is 1.59. The number of esters is 1. The van der Waals surface area contributed by atoms with Gasteiger partial charge in [0.1, 0.15) is 11.8 Å². The zero-order chi connectivity index (χ0) is 27.2. The summed E-state index contributed by atoms with van der Waals surface area (Å²) in [5, 5.41) is 21.6. The number of nitrogens with zero attached hydrogens (tertiary/aromatic N) is 1. The van der Waals surface area contributed by atoms with Gasteiger partial charge in [0.15, 0.2) is 17.5 Å². The summed E-state index contributed by atoms with van der Waals surface area (Å²) in [7, 11) is 0. The van der Waals surface area contributed by atoms with Gasteiger partial charge in [0.2, 0.25) is 0 Å². The molecule has 0 saturated heterocycles. The molecule has 3 aromatic rings. The summed E-state index contributed by atoms with van der Waals surface area (Å²) in [5.74, 6) is -2.60. The molecule has 1 atom stereocenters. The molecule has 7 N–H and O–H groups in total. The number of phenolic OH excluding ortho intramolecular Hbond substituents is 1. The highest BCUT2D eigenvalue weighted by atomic mass is 16.6. The fourth-order valence-corrected chi connectivity index (χ4v) is 4.02. The van der Waals surface area contributed by atoms with Crippen molar-refractivity contribution in [1.82, 2.24) is 5.32 Å². The number of aliphatic imine (C=N–C) groups is 1. The summed E-state index contributed by atoms with van der Waals surface area (Å²) in [6, 6.07) is 14.1. The van der Waals surface area contributed by atoms with Crippen LogP contribution in [0.5, 0.6) is 17.2 Å². The molecule has 11 heteroatoms. The van der Waals surface area contributed by atoms with Gasteiger partial charge in [-0.15, -0.1) is 0 Å². The van der Waals surface area contributed by atoms with Gasteiger partial charge in [0.25, 0.3) is 5.91 Å². The zero-order valence-corrected chi connectivity index (χ0v) is 20.2. The molecule has 3 aromatic carbocycles. The number of carbonyl (C=O) groups excluding carboxylic acids is 2. The number of carboxylic acids is 1. The maximum Gasteiger partial charge on any atom is 0.343 e. The minimum atomic E-state index is -1.25. The van der Waals surface area contributed by atoms with E-state index in [0.717, 1.165) is 0 Å². The third-order valence-corrected chi connectivity index (χ3v) is 5.81. The summed E-state index contributed by atoms with van der Waals surface area (Å²) in [4.78, 5) is 42.1. The average Bonchev–Trinajstić information content (AvgIpc) is 2.87. The van der Waals surface area contributed by atoms with Crippen LogP contribution in [0.1, 0.15) is 38.3 Å². The predicted octanol–water partition coefficient (Wildman–Crippen LogP) is 2.27. The molecule has 0 radical (unpaired) electrons. The highest BCUT2D eigenvalue weighted by Gasteiger charge is 2.26. The zero-order valence-electron chi connectivity index (χ0n) is 20.2. The van der Waals surface area contributed by atoms with E-state index in [4.69, 9.17) is 20.9 Å². The summed E-state index contributed by atoms with van der Waals surface area (Å²) in [6.45, 7) is 0.191. The molecule has 11 nitrogen and oxygen atoms in total.